The zero-order chi connectivity index (χ0) is 18.4. The van der Waals surface area contributed by atoms with Crippen LogP contribution in [0, 0.1) is 17.1 Å². The van der Waals surface area contributed by atoms with Crippen molar-refractivity contribution in [3.63, 3.8) is 0 Å². The normalized spacial score (nSPS) is 19.3. The first-order chi connectivity index (χ1) is 11.7. The smallest absolute Gasteiger partial charge is 0.175 e. The van der Waals surface area contributed by atoms with Gasteiger partial charge >= 0.3 is 0 Å². The highest BCUT2D eigenvalue weighted by Crippen LogP contribution is 2.49. The molecule has 0 unspecified atom stereocenters. The molecule has 1 aliphatic rings. The fourth-order valence-electron chi connectivity index (χ4n) is 2.92. The van der Waals surface area contributed by atoms with E-state index in [2.05, 4.69) is 0 Å². The molecule has 130 valence electrons. The van der Waals surface area contributed by atoms with Gasteiger partial charge in [-0.15, -0.1) is 0 Å². The Labute approximate surface area is 143 Å². The second-order valence-corrected chi connectivity index (χ2v) is 7.75. The van der Waals surface area contributed by atoms with Gasteiger partial charge in [-0.05, 0) is 24.3 Å². The summed E-state index contributed by atoms with van der Waals surface area (Å²) in [5, 5.41) is 18.9. The zero-order valence-electron chi connectivity index (χ0n) is 13.0. The number of aliphatic hydroxyl groups excluding tert-OH is 1. The third-order valence-corrected chi connectivity index (χ3v) is 5.07. The summed E-state index contributed by atoms with van der Waals surface area (Å²) < 4.78 is 57.1. The minimum absolute atomic E-state index is 0.0243. The molecule has 0 bridgehead atoms. The van der Waals surface area contributed by atoms with E-state index in [1.54, 1.807) is 6.07 Å². The van der Waals surface area contributed by atoms with E-state index in [9.17, 15) is 22.3 Å². The number of alkyl halides is 1. The van der Waals surface area contributed by atoms with Gasteiger partial charge in [0.25, 0.3) is 0 Å². The van der Waals surface area contributed by atoms with Gasteiger partial charge in [0.1, 0.15) is 23.5 Å². The molecule has 0 heterocycles. The van der Waals surface area contributed by atoms with Crippen LogP contribution in [0.5, 0.6) is 11.5 Å². The van der Waals surface area contributed by atoms with Crippen LogP contribution >= 0.6 is 0 Å². The Morgan fingerprint density at radius 1 is 1.28 bits per heavy atom. The number of halogens is 2. The Bertz CT molecular complexity index is 998. The molecule has 25 heavy (non-hydrogen) atoms. The van der Waals surface area contributed by atoms with Crippen molar-refractivity contribution in [1.29, 1.82) is 5.26 Å². The molecule has 0 saturated heterocycles. The number of rotatable bonds is 3. The van der Waals surface area contributed by atoms with E-state index < -0.39 is 27.9 Å². The zero-order valence-corrected chi connectivity index (χ0v) is 13.8. The summed E-state index contributed by atoms with van der Waals surface area (Å²) in [4.78, 5) is -0.167. The van der Waals surface area contributed by atoms with Crippen LogP contribution in [0.25, 0.3) is 0 Å². The molecule has 0 amide bonds. The number of sulfone groups is 1. The number of ether oxygens (including phenoxy) is 1. The van der Waals surface area contributed by atoms with Gasteiger partial charge in [0.05, 0.1) is 22.6 Å². The van der Waals surface area contributed by atoms with Crippen molar-refractivity contribution in [2.24, 2.45) is 0 Å². The van der Waals surface area contributed by atoms with Gasteiger partial charge < -0.3 is 9.84 Å². The molecule has 0 fully saturated rings. The maximum absolute atomic E-state index is 14.4. The van der Waals surface area contributed by atoms with E-state index in [0.29, 0.717) is 0 Å². The van der Waals surface area contributed by atoms with E-state index >= 15 is 0 Å². The lowest BCUT2D eigenvalue weighted by atomic mass is 10.1. The van der Waals surface area contributed by atoms with Crippen LogP contribution in [0.2, 0.25) is 0 Å². The van der Waals surface area contributed by atoms with Gasteiger partial charge in [-0.1, -0.05) is 0 Å². The van der Waals surface area contributed by atoms with Crippen LogP contribution in [-0.2, 0) is 9.84 Å². The maximum Gasteiger partial charge on any atom is 0.175 e. The summed E-state index contributed by atoms with van der Waals surface area (Å²) in [7, 11) is -3.68. The number of benzene rings is 2. The number of nitriles is 1. The summed E-state index contributed by atoms with van der Waals surface area (Å²) in [5.41, 5.74) is -0.0844. The fraction of sp³-hybridized carbons (Fsp3) is 0.235. The highest BCUT2D eigenvalue weighted by Gasteiger charge is 2.37. The predicted molar refractivity (Wildman–Crippen MR) is 84.2 cm³/mol. The highest BCUT2D eigenvalue weighted by atomic mass is 32.2. The van der Waals surface area contributed by atoms with Crippen LogP contribution in [0.1, 0.15) is 35.4 Å². The minimum Gasteiger partial charge on any atom is -0.457 e. The van der Waals surface area contributed by atoms with Crippen LogP contribution in [0.15, 0.2) is 35.2 Å². The second kappa shape index (κ2) is 6.10. The minimum atomic E-state index is -3.68. The highest BCUT2D eigenvalue weighted by molar-refractivity contribution is 7.90. The van der Waals surface area contributed by atoms with Crippen molar-refractivity contribution in [1.82, 2.24) is 0 Å². The first-order valence-electron chi connectivity index (χ1n) is 7.28. The molecule has 0 radical (unpaired) electrons. The molecule has 1 N–H and O–H groups in total. The van der Waals surface area contributed by atoms with Crippen LogP contribution in [0.3, 0.4) is 0 Å². The summed E-state index contributed by atoms with van der Waals surface area (Å²) in [5.74, 6) is -0.754. The van der Waals surface area contributed by atoms with Crippen molar-refractivity contribution in [2.75, 3.05) is 6.26 Å². The van der Waals surface area contributed by atoms with Crippen molar-refractivity contribution in [2.45, 2.75) is 23.6 Å². The van der Waals surface area contributed by atoms with Crippen LogP contribution in [-0.4, -0.2) is 19.8 Å². The van der Waals surface area contributed by atoms with Gasteiger partial charge in [0, 0.05) is 29.9 Å². The van der Waals surface area contributed by atoms with Crippen molar-refractivity contribution in [3.05, 3.63) is 52.8 Å². The molecule has 0 aromatic heterocycles. The number of hydrogen-bond acceptors (Lipinski definition) is 5. The van der Waals surface area contributed by atoms with E-state index in [1.165, 1.54) is 18.2 Å². The molecule has 1 aliphatic carbocycles. The average molecular weight is 365 g/mol. The quantitative estimate of drug-likeness (QED) is 0.901. The second-order valence-electron chi connectivity index (χ2n) is 5.77. The lowest BCUT2D eigenvalue weighted by molar-refractivity contribution is 0.149. The molecule has 8 heteroatoms. The van der Waals surface area contributed by atoms with Gasteiger partial charge in [0.2, 0.25) is 0 Å². The van der Waals surface area contributed by atoms with Crippen molar-refractivity contribution in [3.8, 4) is 17.6 Å². The SMILES string of the molecule is CS(=O)(=O)c1ccc(Oc2cc(F)cc(C#N)c2)c2c1[C@H](O)C[C@H]2F. The standard InChI is InChI=1S/C17H13F2NO4S/c1-25(22,23)15-3-2-14(16-12(19)7-13(21)17(15)16)24-11-5-9(8-20)4-10(18)6-11/h2-6,12-13,21H,7H2,1H3/t12-,13-/m1/s1. The Balaban J connectivity index is 2.14. The summed E-state index contributed by atoms with van der Waals surface area (Å²) in [6, 6.07) is 7.58. The number of nitrogens with zero attached hydrogens (tertiary/aromatic N) is 1. The Morgan fingerprint density at radius 2 is 2.00 bits per heavy atom. The topological polar surface area (TPSA) is 87.4 Å². The third kappa shape index (κ3) is 3.21. The van der Waals surface area contributed by atoms with Crippen LogP contribution in [0.4, 0.5) is 8.78 Å². The summed E-state index contributed by atoms with van der Waals surface area (Å²) in [6.07, 6.45) is -2.22. The van der Waals surface area contributed by atoms with Gasteiger partial charge in [-0.2, -0.15) is 5.26 Å². The van der Waals surface area contributed by atoms with E-state index in [1.807, 2.05) is 0 Å². The molecule has 3 rings (SSSR count). The Kier molecular flexibility index (Phi) is 4.22. The molecule has 2 aromatic rings. The van der Waals surface area contributed by atoms with E-state index in [-0.39, 0.29) is 39.5 Å². The molecular weight excluding hydrogens is 352 g/mol. The summed E-state index contributed by atoms with van der Waals surface area (Å²) in [6.45, 7) is 0. The van der Waals surface area contributed by atoms with E-state index in [0.717, 1.165) is 18.4 Å². The molecule has 5 nitrogen and oxygen atoms in total. The molecule has 2 aromatic carbocycles. The molecular formula is C17H13F2NO4S. The van der Waals surface area contributed by atoms with Crippen molar-refractivity contribution < 1.29 is 27.0 Å². The number of hydrogen-bond donors (Lipinski definition) is 1. The maximum atomic E-state index is 14.4. The first-order valence-corrected chi connectivity index (χ1v) is 9.17. The lowest BCUT2D eigenvalue weighted by Gasteiger charge is -2.15. The lowest BCUT2D eigenvalue weighted by Crippen LogP contribution is -2.06. The fourth-order valence-corrected chi connectivity index (χ4v) is 3.88. The molecule has 0 spiro atoms. The molecule has 0 saturated carbocycles. The summed E-state index contributed by atoms with van der Waals surface area (Å²) >= 11 is 0. The number of fused-ring (bicyclic) bond motifs is 1. The third-order valence-electron chi connectivity index (χ3n) is 3.91. The van der Waals surface area contributed by atoms with Gasteiger partial charge in [-0.3, -0.25) is 0 Å². The Morgan fingerprint density at radius 3 is 2.64 bits per heavy atom. The average Bonchev–Trinajstić information content (AvgIpc) is 2.81. The van der Waals surface area contributed by atoms with Crippen molar-refractivity contribution >= 4 is 9.84 Å². The number of aliphatic hydroxyl groups is 1. The monoisotopic (exact) mass is 365 g/mol. The Hall–Kier alpha value is -2.50. The van der Waals surface area contributed by atoms with Crippen LogP contribution < -0.4 is 4.74 Å². The molecule has 0 aliphatic heterocycles. The molecule has 2 atom stereocenters. The van der Waals surface area contributed by atoms with Gasteiger partial charge in [-0.25, -0.2) is 17.2 Å². The van der Waals surface area contributed by atoms with Gasteiger partial charge in [0.15, 0.2) is 9.84 Å². The van der Waals surface area contributed by atoms with E-state index in [4.69, 9.17) is 10.00 Å². The first kappa shape index (κ1) is 17.3. The predicted octanol–water partition coefficient (Wildman–Crippen LogP) is 3.34. The largest absolute Gasteiger partial charge is 0.457 e.